The van der Waals surface area contributed by atoms with E-state index in [1.807, 2.05) is 55.5 Å². The fourth-order valence-electron chi connectivity index (χ4n) is 2.92. The van der Waals surface area contributed by atoms with Crippen LogP contribution in [0.25, 0.3) is 0 Å². The molecular formula is C20H22N2O2. The molecule has 2 aromatic rings. The highest BCUT2D eigenvalue weighted by molar-refractivity contribution is 6.01. The summed E-state index contributed by atoms with van der Waals surface area (Å²) in [5.74, 6) is -0.0610. The minimum Gasteiger partial charge on any atom is -0.324 e. The highest BCUT2D eigenvalue weighted by Gasteiger charge is 2.33. The lowest BCUT2D eigenvalue weighted by Crippen LogP contribution is -2.31. The lowest BCUT2D eigenvalue weighted by Gasteiger charge is -2.24. The Labute approximate surface area is 142 Å². The van der Waals surface area contributed by atoms with Gasteiger partial charge in [0.25, 0.3) is 0 Å². The maximum atomic E-state index is 12.4. The molecule has 2 amide bonds. The van der Waals surface area contributed by atoms with Gasteiger partial charge in [-0.1, -0.05) is 36.4 Å². The number of para-hydroxylation sites is 2. The molecule has 0 saturated heterocycles. The molecule has 0 radical (unpaired) electrons. The van der Waals surface area contributed by atoms with Gasteiger partial charge >= 0.3 is 0 Å². The van der Waals surface area contributed by atoms with Gasteiger partial charge in [0, 0.05) is 13.0 Å². The van der Waals surface area contributed by atoms with Gasteiger partial charge in [-0.05, 0) is 43.0 Å². The van der Waals surface area contributed by atoms with Crippen LogP contribution >= 0.6 is 0 Å². The van der Waals surface area contributed by atoms with Crippen molar-refractivity contribution in [2.24, 2.45) is 0 Å². The van der Waals surface area contributed by atoms with Crippen LogP contribution in [0.1, 0.15) is 30.9 Å². The van der Waals surface area contributed by atoms with Crippen LogP contribution in [-0.4, -0.2) is 17.9 Å². The lowest BCUT2D eigenvalue weighted by molar-refractivity contribution is -0.117. The molecule has 1 N–H and O–H groups in total. The van der Waals surface area contributed by atoms with Crippen molar-refractivity contribution >= 4 is 23.2 Å². The molecule has 1 aliphatic carbocycles. The van der Waals surface area contributed by atoms with Crippen LogP contribution in [-0.2, 0) is 16.0 Å². The standard InChI is InChI=1S/C20H22N2O2/c1-14-7-3-4-8-16(14)13-20(24)21-18-9-5-6-10-19(18)22(15(2)23)17-11-12-17/h3-10,17H,11-13H2,1-2H3,(H,21,24). The molecule has 0 aromatic heterocycles. The van der Waals surface area contributed by atoms with E-state index in [0.717, 1.165) is 29.7 Å². The molecule has 2 aromatic carbocycles. The summed E-state index contributed by atoms with van der Waals surface area (Å²) in [6.45, 7) is 3.57. The summed E-state index contributed by atoms with van der Waals surface area (Å²) in [4.78, 5) is 26.3. The largest absolute Gasteiger partial charge is 0.324 e. The number of nitrogens with zero attached hydrogens (tertiary/aromatic N) is 1. The third kappa shape index (κ3) is 3.65. The fourth-order valence-corrected chi connectivity index (χ4v) is 2.92. The van der Waals surface area contributed by atoms with Crippen molar-refractivity contribution in [3.8, 4) is 0 Å². The molecule has 3 rings (SSSR count). The van der Waals surface area contributed by atoms with Gasteiger partial charge in [0.2, 0.25) is 11.8 Å². The van der Waals surface area contributed by atoms with Gasteiger partial charge in [0.1, 0.15) is 0 Å². The summed E-state index contributed by atoms with van der Waals surface area (Å²) in [6, 6.07) is 15.6. The number of hydrogen-bond donors (Lipinski definition) is 1. The van der Waals surface area contributed by atoms with Crippen LogP contribution in [0.3, 0.4) is 0 Å². The molecule has 0 heterocycles. The summed E-state index contributed by atoms with van der Waals surface area (Å²) in [6.07, 6.45) is 2.36. The quantitative estimate of drug-likeness (QED) is 0.912. The Hall–Kier alpha value is -2.62. The summed E-state index contributed by atoms with van der Waals surface area (Å²) >= 11 is 0. The topological polar surface area (TPSA) is 49.4 Å². The first-order valence-corrected chi connectivity index (χ1v) is 8.29. The molecule has 1 saturated carbocycles. The zero-order valence-corrected chi connectivity index (χ0v) is 14.1. The van der Waals surface area contributed by atoms with Gasteiger partial charge < -0.3 is 10.2 Å². The number of benzene rings is 2. The van der Waals surface area contributed by atoms with Crippen LogP contribution in [0, 0.1) is 6.92 Å². The van der Waals surface area contributed by atoms with Gasteiger partial charge in [0.15, 0.2) is 0 Å². The van der Waals surface area contributed by atoms with Crippen LogP contribution < -0.4 is 10.2 Å². The van der Waals surface area contributed by atoms with Crippen LogP contribution in [0.5, 0.6) is 0 Å². The Morgan fingerprint density at radius 2 is 1.75 bits per heavy atom. The van der Waals surface area contributed by atoms with Crippen molar-refractivity contribution in [3.63, 3.8) is 0 Å². The normalized spacial score (nSPS) is 13.4. The molecular weight excluding hydrogens is 300 g/mol. The third-order valence-corrected chi connectivity index (χ3v) is 4.30. The van der Waals surface area contributed by atoms with Crippen LogP contribution in [0.2, 0.25) is 0 Å². The van der Waals surface area contributed by atoms with Crippen molar-refractivity contribution in [1.82, 2.24) is 0 Å². The Kier molecular flexibility index (Phi) is 4.65. The first kappa shape index (κ1) is 16.2. The third-order valence-electron chi connectivity index (χ3n) is 4.30. The number of amides is 2. The van der Waals surface area contributed by atoms with E-state index in [-0.39, 0.29) is 17.9 Å². The second-order valence-corrected chi connectivity index (χ2v) is 6.29. The SMILES string of the molecule is CC(=O)N(c1ccccc1NC(=O)Cc1ccccc1C)C1CC1. The molecule has 24 heavy (non-hydrogen) atoms. The Morgan fingerprint density at radius 3 is 2.42 bits per heavy atom. The van der Waals surface area contributed by atoms with Crippen molar-refractivity contribution in [3.05, 3.63) is 59.7 Å². The Balaban J connectivity index is 1.79. The molecule has 1 fully saturated rings. The molecule has 0 bridgehead atoms. The highest BCUT2D eigenvalue weighted by atomic mass is 16.2. The van der Waals surface area contributed by atoms with E-state index in [2.05, 4.69) is 5.32 Å². The molecule has 4 heteroatoms. The molecule has 0 unspecified atom stereocenters. The summed E-state index contributed by atoms with van der Waals surface area (Å²) in [7, 11) is 0. The molecule has 0 aliphatic heterocycles. The van der Waals surface area contributed by atoms with Gasteiger partial charge in [-0.15, -0.1) is 0 Å². The van der Waals surface area contributed by atoms with Crippen molar-refractivity contribution in [2.75, 3.05) is 10.2 Å². The van der Waals surface area contributed by atoms with E-state index in [0.29, 0.717) is 12.1 Å². The number of rotatable bonds is 5. The minimum atomic E-state index is -0.0731. The zero-order valence-electron chi connectivity index (χ0n) is 14.1. The number of nitrogens with one attached hydrogen (secondary N) is 1. The van der Waals surface area contributed by atoms with E-state index in [9.17, 15) is 9.59 Å². The number of aryl methyl sites for hydroxylation is 1. The average Bonchev–Trinajstić information content (AvgIpc) is 3.36. The monoisotopic (exact) mass is 322 g/mol. The Bertz CT molecular complexity index is 766. The number of anilines is 2. The zero-order chi connectivity index (χ0) is 17.1. The molecule has 124 valence electrons. The van der Waals surface area contributed by atoms with E-state index in [1.54, 1.807) is 11.8 Å². The smallest absolute Gasteiger partial charge is 0.228 e. The second kappa shape index (κ2) is 6.87. The number of carbonyl (C=O) groups is 2. The van der Waals surface area contributed by atoms with Crippen molar-refractivity contribution in [1.29, 1.82) is 0 Å². The Morgan fingerprint density at radius 1 is 1.08 bits per heavy atom. The predicted octanol–water partition coefficient (Wildman–Crippen LogP) is 3.69. The number of hydrogen-bond acceptors (Lipinski definition) is 2. The lowest BCUT2D eigenvalue weighted by atomic mass is 10.1. The van der Waals surface area contributed by atoms with E-state index in [4.69, 9.17) is 0 Å². The summed E-state index contributed by atoms with van der Waals surface area (Å²) < 4.78 is 0. The minimum absolute atomic E-state index is 0.0121. The van der Waals surface area contributed by atoms with Gasteiger partial charge in [-0.3, -0.25) is 9.59 Å². The predicted molar refractivity (Wildman–Crippen MR) is 96.1 cm³/mol. The maximum Gasteiger partial charge on any atom is 0.228 e. The van der Waals surface area contributed by atoms with Crippen LogP contribution in [0.15, 0.2) is 48.5 Å². The van der Waals surface area contributed by atoms with E-state index < -0.39 is 0 Å². The van der Waals surface area contributed by atoms with Gasteiger partial charge in [-0.2, -0.15) is 0 Å². The van der Waals surface area contributed by atoms with Gasteiger partial charge in [-0.25, -0.2) is 0 Å². The average molecular weight is 322 g/mol. The first-order valence-electron chi connectivity index (χ1n) is 8.29. The van der Waals surface area contributed by atoms with Gasteiger partial charge in [0.05, 0.1) is 17.8 Å². The highest BCUT2D eigenvalue weighted by Crippen LogP contribution is 2.36. The fraction of sp³-hybridized carbons (Fsp3) is 0.300. The molecule has 4 nitrogen and oxygen atoms in total. The first-order chi connectivity index (χ1) is 11.6. The van der Waals surface area contributed by atoms with E-state index in [1.165, 1.54) is 0 Å². The van der Waals surface area contributed by atoms with E-state index >= 15 is 0 Å². The summed E-state index contributed by atoms with van der Waals surface area (Å²) in [5.41, 5.74) is 3.59. The second-order valence-electron chi connectivity index (χ2n) is 6.29. The molecule has 0 spiro atoms. The van der Waals surface area contributed by atoms with Crippen molar-refractivity contribution < 1.29 is 9.59 Å². The maximum absolute atomic E-state index is 12.4. The molecule has 0 atom stereocenters. The van der Waals surface area contributed by atoms with Crippen LogP contribution in [0.4, 0.5) is 11.4 Å². The van der Waals surface area contributed by atoms with Crippen molar-refractivity contribution in [2.45, 2.75) is 39.2 Å². The summed E-state index contributed by atoms with van der Waals surface area (Å²) in [5, 5.41) is 2.97. The molecule has 1 aliphatic rings. The number of carbonyl (C=O) groups excluding carboxylic acids is 2.